The van der Waals surface area contributed by atoms with Crippen LogP contribution in [0.2, 0.25) is 0 Å². The zero-order chi connectivity index (χ0) is 13.1. The Hall–Kier alpha value is -1.80. The molecule has 0 aromatic heterocycles. The van der Waals surface area contributed by atoms with E-state index < -0.39 is 0 Å². The number of nitrogens with one attached hydrogen (secondary N) is 1. The number of benzene rings is 2. The van der Waals surface area contributed by atoms with Crippen LogP contribution in [0, 0.1) is 0 Å². The number of rotatable bonds is 4. The molecule has 0 spiro atoms. The first kappa shape index (κ1) is 12.2. The van der Waals surface area contributed by atoms with Gasteiger partial charge in [-0.3, -0.25) is 0 Å². The molecule has 98 valence electrons. The van der Waals surface area contributed by atoms with Crippen molar-refractivity contribution in [1.82, 2.24) is 5.32 Å². The summed E-state index contributed by atoms with van der Waals surface area (Å²) in [5.74, 6) is 0. The monoisotopic (exact) mass is 252 g/mol. The molecule has 0 saturated heterocycles. The molecule has 0 atom stereocenters. The van der Waals surface area contributed by atoms with Crippen LogP contribution in [0.4, 0.5) is 5.69 Å². The molecule has 0 saturated carbocycles. The predicted octanol–water partition coefficient (Wildman–Crippen LogP) is 2.97. The molecule has 0 radical (unpaired) electrons. The molecule has 0 aliphatic carbocycles. The Morgan fingerprint density at radius 2 is 1.89 bits per heavy atom. The molecule has 0 fully saturated rings. The van der Waals surface area contributed by atoms with Gasteiger partial charge >= 0.3 is 0 Å². The first-order chi connectivity index (χ1) is 9.36. The highest BCUT2D eigenvalue weighted by molar-refractivity contribution is 5.59. The molecule has 19 heavy (non-hydrogen) atoms. The maximum Gasteiger partial charge on any atom is 0.0429 e. The van der Waals surface area contributed by atoms with E-state index in [1.165, 1.54) is 28.8 Å². The third-order valence-corrected chi connectivity index (χ3v) is 3.74. The van der Waals surface area contributed by atoms with Crippen LogP contribution in [0.5, 0.6) is 0 Å². The lowest BCUT2D eigenvalue weighted by Gasteiger charge is -2.20. The fraction of sp³-hybridized carbons (Fsp3) is 0.294. The molecule has 1 aliphatic rings. The number of fused-ring (bicyclic) bond motifs is 1. The van der Waals surface area contributed by atoms with Crippen LogP contribution in [0.15, 0.2) is 48.5 Å². The Bertz CT molecular complexity index is 548. The van der Waals surface area contributed by atoms with Crippen LogP contribution in [0.1, 0.15) is 16.7 Å². The standard InChI is InChI=1S/C17H20N2/c1-18-12-15-7-8-16-9-10-19(17(16)11-15)13-14-5-3-2-4-6-14/h2-8,11,18H,9-10,12-13H2,1H3. The first-order valence-electron chi connectivity index (χ1n) is 6.92. The van der Waals surface area contributed by atoms with Crippen molar-refractivity contribution >= 4 is 5.69 Å². The summed E-state index contributed by atoms with van der Waals surface area (Å²) < 4.78 is 0. The van der Waals surface area contributed by atoms with Gasteiger partial charge in [-0.2, -0.15) is 0 Å². The largest absolute Gasteiger partial charge is 0.367 e. The minimum atomic E-state index is 0.937. The summed E-state index contributed by atoms with van der Waals surface area (Å²) in [7, 11) is 2.00. The van der Waals surface area contributed by atoms with Crippen molar-refractivity contribution in [3.8, 4) is 0 Å². The molecule has 1 aliphatic heterocycles. The molecule has 2 nitrogen and oxygen atoms in total. The van der Waals surface area contributed by atoms with E-state index in [0.717, 1.165) is 19.6 Å². The summed E-state index contributed by atoms with van der Waals surface area (Å²) in [6.45, 7) is 3.08. The van der Waals surface area contributed by atoms with E-state index in [1.807, 2.05) is 7.05 Å². The lowest BCUT2D eigenvalue weighted by molar-refractivity contribution is 0.813. The molecule has 0 amide bonds. The summed E-state index contributed by atoms with van der Waals surface area (Å²) in [6.07, 6.45) is 1.17. The van der Waals surface area contributed by atoms with Crippen molar-refractivity contribution < 1.29 is 0 Å². The van der Waals surface area contributed by atoms with Crippen molar-refractivity contribution in [3.05, 3.63) is 65.2 Å². The second-order valence-corrected chi connectivity index (χ2v) is 5.15. The fourth-order valence-electron chi connectivity index (χ4n) is 2.77. The molecule has 2 aromatic carbocycles. The van der Waals surface area contributed by atoms with Gasteiger partial charge in [-0.15, -0.1) is 0 Å². The van der Waals surface area contributed by atoms with Gasteiger partial charge in [-0.25, -0.2) is 0 Å². The van der Waals surface area contributed by atoms with Gasteiger partial charge < -0.3 is 10.2 Å². The molecule has 3 rings (SSSR count). The summed E-state index contributed by atoms with van der Waals surface area (Å²) in [6, 6.07) is 17.6. The van der Waals surface area contributed by atoms with Crippen molar-refractivity contribution in [3.63, 3.8) is 0 Å². The van der Waals surface area contributed by atoms with Gasteiger partial charge in [0.25, 0.3) is 0 Å². The number of anilines is 1. The summed E-state index contributed by atoms with van der Waals surface area (Å²) in [4.78, 5) is 2.49. The summed E-state index contributed by atoms with van der Waals surface area (Å²) in [5.41, 5.74) is 5.64. The van der Waals surface area contributed by atoms with E-state index in [1.54, 1.807) is 0 Å². The third kappa shape index (κ3) is 2.64. The highest BCUT2D eigenvalue weighted by Gasteiger charge is 2.19. The van der Waals surface area contributed by atoms with E-state index in [4.69, 9.17) is 0 Å². The zero-order valence-corrected chi connectivity index (χ0v) is 11.4. The maximum atomic E-state index is 3.22. The number of hydrogen-bond donors (Lipinski definition) is 1. The van der Waals surface area contributed by atoms with Crippen LogP contribution in [-0.2, 0) is 19.5 Å². The average molecular weight is 252 g/mol. The van der Waals surface area contributed by atoms with Crippen molar-refractivity contribution in [1.29, 1.82) is 0 Å². The normalized spacial score (nSPS) is 13.6. The Kier molecular flexibility index (Phi) is 3.51. The topological polar surface area (TPSA) is 15.3 Å². The van der Waals surface area contributed by atoms with E-state index >= 15 is 0 Å². The highest BCUT2D eigenvalue weighted by atomic mass is 15.1. The molecular formula is C17H20N2. The second kappa shape index (κ2) is 5.45. The average Bonchev–Trinajstić information content (AvgIpc) is 2.83. The molecule has 0 unspecified atom stereocenters. The van der Waals surface area contributed by atoms with E-state index in [9.17, 15) is 0 Å². The molecule has 1 heterocycles. The summed E-state index contributed by atoms with van der Waals surface area (Å²) >= 11 is 0. The zero-order valence-electron chi connectivity index (χ0n) is 11.4. The molecular weight excluding hydrogens is 232 g/mol. The van der Waals surface area contributed by atoms with Crippen molar-refractivity contribution in [2.24, 2.45) is 0 Å². The molecule has 1 N–H and O–H groups in total. The predicted molar refractivity (Wildman–Crippen MR) is 80.4 cm³/mol. The molecule has 0 bridgehead atoms. The van der Waals surface area contributed by atoms with Crippen LogP contribution in [-0.4, -0.2) is 13.6 Å². The van der Waals surface area contributed by atoms with Crippen LogP contribution >= 0.6 is 0 Å². The minimum absolute atomic E-state index is 0.937. The van der Waals surface area contributed by atoms with Gasteiger partial charge in [0, 0.05) is 25.3 Å². The SMILES string of the molecule is CNCc1ccc2c(c1)N(Cc1ccccc1)CC2. The van der Waals surface area contributed by atoms with Gasteiger partial charge in [0.05, 0.1) is 0 Å². The van der Waals surface area contributed by atoms with Crippen molar-refractivity contribution in [2.45, 2.75) is 19.5 Å². The van der Waals surface area contributed by atoms with E-state index in [-0.39, 0.29) is 0 Å². The maximum absolute atomic E-state index is 3.22. The first-order valence-corrected chi connectivity index (χ1v) is 6.92. The van der Waals surface area contributed by atoms with Gasteiger partial charge in [-0.05, 0) is 36.2 Å². The van der Waals surface area contributed by atoms with Gasteiger partial charge in [0.2, 0.25) is 0 Å². The smallest absolute Gasteiger partial charge is 0.0429 e. The summed E-state index contributed by atoms with van der Waals surface area (Å²) in [5, 5.41) is 3.22. The Morgan fingerprint density at radius 1 is 1.05 bits per heavy atom. The highest BCUT2D eigenvalue weighted by Crippen LogP contribution is 2.30. The lowest BCUT2D eigenvalue weighted by atomic mass is 10.1. The Balaban J connectivity index is 1.82. The van der Waals surface area contributed by atoms with Crippen molar-refractivity contribution in [2.75, 3.05) is 18.5 Å². The fourth-order valence-corrected chi connectivity index (χ4v) is 2.77. The Labute approximate surface area is 115 Å². The quantitative estimate of drug-likeness (QED) is 0.900. The third-order valence-electron chi connectivity index (χ3n) is 3.74. The number of nitrogens with zero attached hydrogens (tertiary/aromatic N) is 1. The van der Waals surface area contributed by atoms with E-state index in [0.29, 0.717) is 0 Å². The van der Waals surface area contributed by atoms with Crippen LogP contribution < -0.4 is 10.2 Å². The van der Waals surface area contributed by atoms with Gasteiger partial charge in [0.15, 0.2) is 0 Å². The van der Waals surface area contributed by atoms with Gasteiger partial charge in [0.1, 0.15) is 0 Å². The van der Waals surface area contributed by atoms with E-state index in [2.05, 4.69) is 58.7 Å². The second-order valence-electron chi connectivity index (χ2n) is 5.15. The lowest BCUT2D eigenvalue weighted by Crippen LogP contribution is -2.19. The Morgan fingerprint density at radius 3 is 2.68 bits per heavy atom. The van der Waals surface area contributed by atoms with Crippen LogP contribution in [0.25, 0.3) is 0 Å². The van der Waals surface area contributed by atoms with Gasteiger partial charge in [-0.1, -0.05) is 42.5 Å². The van der Waals surface area contributed by atoms with Crippen LogP contribution in [0.3, 0.4) is 0 Å². The minimum Gasteiger partial charge on any atom is -0.367 e. The number of hydrogen-bond acceptors (Lipinski definition) is 2. The molecule has 2 heteroatoms. The molecule has 2 aromatic rings.